The zero-order chi connectivity index (χ0) is 13.1. The van der Waals surface area contributed by atoms with Crippen LogP contribution in [0.15, 0.2) is 15.9 Å². The molecule has 1 N–H and O–H groups in total. The topological polar surface area (TPSA) is 49.4 Å². The van der Waals surface area contributed by atoms with Crippen molar-refractivity contribution < 1.29 is 9.59 Å². The van der Waals surface area contributed by atoms with Crippen molar-refractivity contribution in [2.24, 2.45) is 0 Å². The Kier molecular flexibility index (Phi) is 4.53. The summed E-state index contributed by atoms with van der Waals surface area (Å²) in [5.41, 5.74) is 0. The monoisotopic (exact) mass is 330 g/mol. The minimum atomic E-state index is -0.363. The molecule has 18 heavy (non-hydrogen) atoms. The van der Waals surface area contributed by atoms with E-state index >= 15 is 0 Å². The number of thiophene rings is 1. The number of hydrogen-bond acceptors (Lipinski definition) is 4. The van der Waals surface area contributed by atoms with Gasteiger partial charge in [-0.1, -0.05) is 6.92 Å². The molecule has 0 saturated carbocycles. The summed E-state index contributed by atoms with van der Waals surface area (Å²) in [6.45, 7) is 3.10. The summed E-state index contributed by atoms with van der Waals surface area (Å²) in [5, 5.41) is 5.15. The van der Waals surface area contributed by atoms with Crippen molar-refractivity contribution in [3.05, 3.63) is 20.8 Å². The fourth-order valence-electron chi connectivity index (χ4n) is 1.97. The number of imide groups is 1. The molecule has 0 spiro atoms. The zero-order valence-corrected chi connectivity index (χ0v) is 12.5. The Bertz CT molecular complexity index is 461. The van der Waals surface area contributed by atoms with Gasteiger partial charge in [0.15, 0.2) is 0 Å². The Hall–Kier alpha value is -0.720. The Morgan fingerprint density at radius 3 is 2.94 bits per heavy atom. The molecule has 1 aromatic rings. The molecule has 1 aromatic heterocycles. The van der Waals surface area contributed by atoms with Crippen LogP contribution in [0, 0.1) is 0 Å². The van der Waals surface area contributed by atoms with Gasteiger partial charge in [0.2, 0.25) is 11.8 Å². The van der Waals surface area contributed by atoms with Crippen LogP contribution >= 0.6 is 27.3 Å². The van der Waals surface area contributed by atoms with Crippen LogP contribution < -0.4 is 5.32 Å². The minimum absolute atomic E-state index is 0.0652. The van der Waals surface area contributed by atoms with Crippen molar-refractivity contribution in [2.75, 3.05) is 6.54 Å². The van der Waals surface area contributed by atoms with E-state index in [0.29, 0.717) is 13.1 Å². The number of halogens is 1. The maximum absolute atomic E-state index is 12.0. The van der Waals surface area contributed by atoms with Crippen LogP contribution in [-0.2, 0) is 16.1 Å². The molecule has 1 atom stereocenters. The number of carbonyl (C=O) groups excluding carboxylic acids is 2. The summed E-state index contributed by atoms with van der Waals surface area (Å²) in [5.74, 6) is -0.154. The van der Waals surface area contributed by atoms with Crippen molar-refractivity contribution >= 4 is 39.1 Å². The van der Waals surface area contributed by atoms with Gasteiger partial charge in [-0.15, -0.1) is 11.3 Å². The molecule has 1 fully saturated rings. The van der Waals surface area contributed by atoms with E-state index in [0.717, 1.165) is 15.8 Å². The molecule has 0 radical (unpaired) electrons. The van der Waals surface area contributed by atoms with E-state index in [-0.39, 0.29) is 24.3 Å². The molecule has 1 aliphatic heterocycles. The SMILES string of the molecule is CCCN1C(=O)CC(NCc2sccc2Br)C1=O. The number of hydrogen-bond donors (Lipinski definition) is 1. The maximum atomic E-state index is 12.0. The van der Waals surface area contributed by atoms with E-state index in [2.05, 4.69) is 21.2 Å². The lowest BCUT2D eigenvalue weighted by Crippen LogP contribution is -2.38. The average Bonchev–Trinajstić information content (AvgIpc) is 2.86. The zero-order valence-electron chi connectivity index (χ0n) is 10.1. The first kappa shape index (κ1) is 13.7. The molecule has 4 nitrogen and oxygen atoms in total. The van der Waals surface area contributed by atoms with Gasteiger partial charge in [-0.05, 0) is 33.8 Å². The van der Waals surface area contributed by atoms with Crippen LogP contribution in [0.3, 0.4) is 0 Å². The second-order valence-corrected chi connectivity index (χ2v) is 6.07. The van der Waals surface area contributed by atoms with E-state index < -0.39 is 0 Å². The van der Waals surface area contributed by atoms with Crippen LogP contribution in [-0.4, -0.2) is 29.3 Å². The highest BCUT2D eigenvalue weighted by Gasteiger charge is 2.37. The number of likely N-dealkylation sites (tertiary alicyclic amines) is 1. The lowest BCUT2D eigenvalue weighted by Gasteiger charge is -2.14. The predicted molar refractivity (Wildman–Crippen MR) is 74.3 cm³/mol. The van der Waals surface area contributed by atoms with Gasteiger partial charge in [0.05, 0.1) is 12.5 Å². The van der Waals surface area contributed by atoms with Crippen LogP contribution in [0.5, 0.6) is 0 Å². The van der Waals surface area contributed by atoms with Crippen LogP contribution in [0.4, 0.5) is 0 Å². The Morgan fingerprint density at radius 1 is 1.56 bits per heavy atom. The fourth-order valence-corrected chi connectivity index (χ4v) is 3.41. The first-order valence-electron chi connectivity index (χ1n) is 5.93. The molecule has 2 rings (SSSR count). The van der Waals surface area contributed by atoms with Crippen molar-refractivity contribution in [3.8, 4) is 0 Å². The Morgan fingerprint density at radius 2 is 2.33 bits per heavy atom. The average molecular weight is 331 g/mol. The van der Waals surface area contributed by atoms with E-state index in [1.54, 1.807) is 11.3 Å². The number of nitrogens with zero attached hydrogens (tertiary/aromatic N) is 1. The lowest BCUT2D eigenvalue weighted by atomic mass is 10.2. The normalized spacial score (nSPS) is 19.9. The van der Waals surface area contributed by atoms with Gasteiger partial charge in [0, 0.05) is 22.4 Å². The molecule has 0 aliphatic carbocycles. The highest BCUT2D eigenvalue weighted by molar-refractivity contribution is 9.10. The van der Waals surface area contributed by atoms with Crippen molar-refractivity contribution in [3.63, 3.8) is 0 Å². The molecule has 6 heteroatoms. The largest absolute Gasteiger partial charge is 0.300 e. The maximum Gasteiger partial charge on any atom is 0.246 e. The van der Waals surface area contributed by atoms with Gasteiger partial charge >= 0.3 is 0 Å². The quantitative estimate of drug-likeness (QED) is 0.841. The Balaban J connectivity index is 1.93. The van der Waals surface area contributed by atoms with E-state index in [4.69, 9.17) is 0 Å². The molecular formula is C12H15BrN2O2S. The number of rotatable bonds is 5. The molecule has 0 bridgehead atoms. The van der Waals surface area contributed by atoms with Crippen molar-refractivity contribution in [1.82, 2.24) is 10.2 Å². The highest BCUT2D eigenvalue weighted by atomic mass is 79.9. The predicted octanol–water partition coefficient (Wildman–Crippen LogP) is 2.14. The molecule has 2 amide bonds. The molecular weight excluding hydrogens is 316 g/mol. The van der Waals surface area contributed by atoms with Gasteiger partial charge in [-0.25, -0.2) is 0 Å². The first-order chi connectivity index (χ1) is 8.63. The van der Waals surface area contributed by atoms with Gasteiger partial charge in [-0.3, -0.25) is 14.5 Å². The third-order valence-corrected chi connectivity index (χ3v) is 4.82. The molecule has 1 unspecified atom stereocenters. The summed E-state index contributed by atoms with van der Waals surface area (Å²) in [4.78, 5) is 26.2. The molecule has 98 valence electrons. The molecule has 0 aromatic carbocycles. The summed E-state index contributed by atoms with van der Waals surface area (Å²) in [6.07, 6.45) is 1.09. The van der Waals surface area contributed by atoms with Gasteiger partial charge in [0.1, 0.15) is 0 Å². The van der Waals surface area contributed by atoms with E-state index in [1.807, 2.05) is 18.4 Å². The second kappa shape index (κ2) is 5.95. The Labute approximate surface area is 118 Å². The van der Waals surface area contributed by atoms with E-state index in [1.165, 1.54) is 4.90 Å². The van der Waals surface area contributed by atoms with Gasteiger partial charge < -0.3 is 5.32 Å². The third kappa shape index (κ3) is 2.81. The van der Waals surface area contributed by atoms with Crippen molar-refractivity contribution in [2.45, 2.75) is 32.4 Å². The summed E-state index contributed by atoms with van der Waals surface area (Å²) in [7, 11) is 0. The van der Waals surface area contributed by atoms with E-state index in [9.17, 15) is 9.59 Å². The van der Waals surface area contributed by atoms with Crippen LogP contribution in [0.25, 0.3) is 0 Å². The standard InChI is InChI=1S/C12H15BrN2O2S/c1-2-4-15-11(16)6-9(12(15)17)14-7-10-8(13)3-5-18-10/h3,5,9,14H,2,4,6-7H2,1H3. The first-order valence-corrected chi connectivity index (χ1v) is 7.60. The molecule has 1 saturated heterocycles. The number of nitrogens with one attached hydrogen (secondary N) is 1. The summed E-state index contributed by atoms with van der Waals surface area (Å²) < 4.78 is 1.04. The lowest BCUT2D eigenvalue weighted by molar-refractivity contribution is -0.138. The summed E-state index contributed by atoms with van der Waals surface area (Å²) >= 11 is 5.07. The van der Waals surface area contributed by atoms with Crippen LogP contribution in [0.1, 0.15) is 24.6 Å². The number of amides is 2. The highest BCUT2D eigenvalue weighted by Crippen LogP contribution is 2.23. The second-order valence-electron chi connectivity index (χ2n) is 4.21. The van der Waals surface area contributed by atoms with Crippen molar-refractivity contribution in [1.29, 1.82) is 0 Å². The molecule has 1 aliphatic rings. The summed E-state index contributed by atoms with van der Waals surface area (Å²) in [6, 6.07) is 1.62. The molecule has 2 heterocycles. The van der Waals surface area contributed by atoms with Crippen LogP contribution in [0.2, 0.25) is 0 Å². The smallest absolute Gasteiger partial charge is 0.246 e. The third-order valence-electron chi connectivity index (χ3n) is 2.89. The number of carbonyl (C=O) groups is 2. The van der Waals surface area contributed by atoms with Gasteiger partial charge in [-0.2, -0.15) is 0 Å². The minimum Gasteiger partial charge on any atom is -0.300 e. The fraction of sp³-hybridized carbons (Fsp3) is 0.500. The van der Waals surface area contributed by atoms with Gasteiger partial charge in [0.25, 0.3) is 0 Å².